The summed E-state index contributed by atoms with van der Waals surface area (Å²) < 4.78 is 10.9. The molecule has 1 N–H and O–H groups in total. The van der Waals surface area contributed by atoms with Crippen LogP contribution in [0.4, 0.5) is 5.69 Å². The van der Waals surface area contributed by atoms with Crippen molar-refractivity contribution in [1.29, 1.82) is 0 Å². The fraction of sp³-hybridized carbons (Fsp3) is 0.185. The Kier molecular flexibility index (Phi) is 6.18. The second kappa shape index (κ2) is 9.20. The summed E-state index contributed by atoms with van der Waals surface area (Å²) in [6.07, 6.45) is 0.850. The quantitative estimate of drug-likeness (QED) is 0.333. The number of ether oxygens (including phenoxy) is 2. The molecule has 0 radical (unpaired) electrons. The van der Waals surface area contributed by atoms with E-state index in [2.05, 4.69) is 0 Å². The number of amides is 1. The highest BCUT2D eigenvalue weighted by molar-refractivity contribution is 6.51. The van der Waals surface area contributed by atoms with Crippen molar-refractivity contribution in [3.05, 3.63) is 95.1 Å². The molecule has 6 nitrogen and oxygen atoms in total. The van der Waals surface area contributed by atoms with Gasteiger partial charge in [-0.3, -0.25) is 14.5 Å². The van der Waals surface area contributed by atoms with Crippen molar-refractivity contribution < 1.29 is 24.2 Å². The number of hydrogen-bond donors (Lipinski definition) is 1. The minimum absolute atomic E-state index is 0.0198. The Labute approximate surface area is 192 Å². The number of ketones is 1. The van der Waals surface area contributed by atoms with E-state index in [9.17, 15) is 14.7 Å². The third kappa shape index (κ3) is 3.84. The molecule has 3 aromatic carbocycles. The number of hydrogen-bond acceptors (Lipinski definition) is 5. The van der Waals surface area contributed by atoms with E-state index in [1.807, 2.05) is 37.3 Å². The highest BCUT2D eigenvalue weighted by Gasteiger charge is 2.48. The minimum atomic E-state index is -0.876. The lowest BCUT2D eigenvalue weighted by Gasteiger charge is -2.27. The molecular weight excluding hydrogens is 418 g/mol. The van der Waals surface area contributed by atoms with Gasteiger partial charge in [-0.1, -0.05) is 49.4 Å². The van der Waals surface area contributed by atoms with Crippen LogP contribution in [0, 0.1) is 0 Å². The van der Waals surface area contributed by atoms with Crippen molar-refractivity contribution >= 4 is 23.1 Å². The largest absolute Gasteiger partial charge is 0.507 e. The van der Waals surface area contributed by atoms with Gasteiger partial charge in [0.15, 0.2) is 0 Å². The lowest BCUT2D eigenvalue weighted by Crippen LogP contribution is -2.29. The number of aliphatic hydroxyl groups is 1. The van der Waals surface area contributed by atoms with Crippen molar-refractivity contribution in [3.8, 4) is 11.5 Å². The first-order valence-corrected chi connectivity index (χ1v) is 10.7. The van der Waals surface area contributed by atoms with Gasteiger partial charge in [0, 0.05) is 11.3 Å². The van der Waals surface area contributed by atoms with Gasteiger partial charge in [-0.15, -0.1) is 0 Å². The van der Waals surface area contributed by atoms with Gasteiger partial charge in [0.1, 0.15) is 17.3 Å². The molecule has 1 atom stereocenters. The molecule has 1 heterocycles. The zero-order valence-corrected chi connectivity index (χ0v) is 18.7. The highest BCUT2D eigenvalue weighted by atomic mass is 16.5. The predicted octanol–water partition coefficient (Wildman–Crippen LogP) is 4.89. The van der Waals surface area contributed by atoms with Crippen LogP contribution in [0.3, 0.4) is 0 Å². The van der Waals surface area contributed by atoms with Crippen LogP contribution in [0.25, 0.3) is 5.76 Å². The third-order valence-corrected chi connectivity index (χ3v) is 5.86. The molecule has 33 heavy (non-hydrogen) atoms. The molecular formula is C27H25NO5. The molecule has 3 aromatic rings. The van der Waals surface area contributed by atoms with Crippen LogP contribution < -0.4 is 14.4 Å². The average molecular weight is 443 g/mol. The number of Topliss-reactive ketones (excluding diaryl/α,β-unsaturated/α-hetero) is 1. The number of aliphatic hydroxyl groups excluding tert-OH is 1. The summed E-state index contributed by atoms with van der Waals surface area (Å²) >= 11 is 0. The molecule has 0 spiro atoms. The summed E-state index contributed by atoms with van der Waals surface area (Å²) in [6, 6.07) is 20.6. The molecule has 1 unspecified atom stereocenters. The number of benzene rings is 3. The maximum absolute atomic E-state index is 13.3. The lowest BCUT2D eigenvalue weighted by atomic mass is 9.94. The molecule has 6 heteroatoms. The first kappa shape index (κ1) is 22.1. The molecule has 4 rings (SSSR count). The van der Waals surface area contributed by atoms with E-state index in [-0.39, 0.29) is 11.3 Å². The van der Waals surface area contributed by atoms with Gasteiger partial charge < -0.3 is 14.6 Å². The Morgan fingerprint density at radius 3 is 2.12 bits per heavy atom. The van der Waals surface area contributed by atoms with Crippen LogP contribution in [0.15, 0.2) is 78.4 Å². The first-order valence-electron chi connectivity index (χ1n) is 10.7. The highest BCUT2D eigenvalue weighted by Crippen LogP contribution is 2.45. The number of aryl methyl sites for hydroxylation is 1. The fourth-order valence-corrected chi connectivity index (χ4v) is 4.16. The molecule has 168 valence electrons. The monoisotopic (exact) mass is 443 g/mol. The van der Waals surface area contributed by atoms with E-state index in [0.29, 0.717) is 28.3 Å². The van der Waals surface area contributed by atoms with Crippen LogP contribution in [0.1, 0.15) is 29.7 Å². The summed E-state index contributed by atoms with van der Waals surface area (Å²) in [6.45, 7) is 2.04. The molecule has 1 amide bonds. The Morgan fingerprint density at radius 1 is 0.879 bits per heavy atom. The Hall–Kier alpha value is -4.06. The standard InChI is InChI=1S/C27H25NO5/c1-4-17-13-15-18(16-14-17)28-24(19-9-5-7-11-21(19)32-2)23(26(30)27(28)31)25(29)20-10-6-8-12-22(20)33-3/h5-16,24,29H,4H2,1-3H3/b25-23+. The van der Waals surface area contributed by atoms with Crippen molar-refractivity contribution in [1.82, 2.24) is 0 Å². The maximum atomic E-state index is 13.3. The van der Waals surface area contributed by atoms with Crippen LogP contribution in [-0.2, 0) is 16.0 Å². The molecule has 1 aliphatic rings. The average Bonchev–Trinajstić information content (AvgIpc) is 3.13. The molecule has 0 bridgehead atoms. The maximum Gasteiger partial charge on any atom is 0.300 e. The van der Waals surface area contributed by atoms with E-state index in [1.165, 1.54) is 19.1 Å². The van der Waals surface area contributed by atoms with Crippen LogP contribution in [0.2, 0.25) is 0 Å². The van der Waals surface area contributed by atoms with Gasteiger partial charge in [-0.2, -0.15) is 0 Å². The predicted molar refractivity (Wildman–Crippen MR) is 127 cm³/mol. The molecule has 1 aliphatic heterocycles. The summed E-state index contributed by atoms with van der Waals surface area (Å²) in [7, 11) is 3.01. The van der Waals surface area contributed by atoms with Crippen molar-refractivity contribution in [3.63, 3.8) is 0 Å². The normalized spacial score (nSPS) is 17.3. The number of methoxy groups -OCH3 is 2. The number of anilines is 1. The number of para-hydroxylation sites is 2. The fourth-order valence-electron chi connectivity index (χ4n) is 4.16. The SMILES string of the molecule is CCc1ccc(N2C(=O)C(=O)/C(=C(/O)c3ccccc3OC)C2c2ccccc2OC)cc1. The molecule has 1 saturated heterocycles. The first-order chi connectivity index (χ1) is 16.0. The van der Waals surface area contributed by atoms with Crippen molar-refractivity contribution in [2.24, 2.45) is 0 Å². The van der Waals surface area contributed by atoms with Gasteiger partial charge in [-0.05, 0) is 42.3 Å². The summed E-state index contributed by atoms with van der Waals surface area (Å²) in [5, 5.41) is 11.3. The van der Waals surface area contributed by atoms with Crippen LogP contribution in [0.5, 0.6) is 11.5 Å². The minimum Gasteiger partial charge on any atom is -0.507 e. The van der Waals surface area contributed by atoms with Crippen LogP contribution >= 0.6 is 0 Å². The number of rotatable bonds is 6. The van der Waals surface area contributed by atoms with Gasteiger partial charge in [0.05, 0.1) is 31.4 Å². The molecule has 0 aromatic heterocycles. The van der Waals surface area contributed by atoms with Crippen LogP contribution in [-0.4, -0.2) is 31.0 Å². The summed E-state index contributed by atoms with van der Waals surface area (Å²) in [4.78, 5) is 28.0. The third-order valence-electron chi connectivity index (χ3n) is 5.86. The number of carbonyl (C=O) groups excluding carboxylic acids is 2. The van der Waals surface area contributed by atoms with Gasteiger partial charge in [0.2, 0.25) is 0 Å². The van der Waals surface area contributed by atoms with Crippen molar-refractivity contribution in [2.45, 2.75) is 19.4 Å². The van der Waals surface area contributed by atoms with E-state index in [1.54, 1.807) is 42.5 Å². The number of nitrogens with zero attached hydrogens (tertiary/aromatic N) is 1. The zero-order valence-electron chi connectivity index (χ0n) is 18.7. The Morgan fingerprint density at radius 2 is 1.48 bits per heavy atom. The summed E-state index contributed by atoms with van der Waals surface area (Å²) in [5.74, 6) is -0.882. The molecule has 0 saturated carbocycles. The van der Waals surface area contributed by atoms with Crippen molar-refractivity contribution in [2.75, 3.05) is 19.1 Å². The second-order valence-electron chi connectivity index (χ2n) is 7.63. The zero-order chi connectivity index (χ0) is 23.5. The Bertz CT molecular complexity index is 1230. The lowest BCUT2D eigenvalue weighted by molar-refractivity contribution is -0.132. The summed E-state index contributed by atoms with van der Waals surface area (Å²) in [5.41, 5.74) is 2.57. The van der Waals surface area contributed by atoms with Gasteiger partial charge in [0.25, 0.3) is 11.7 Å². The van der Waals surface area contributed by atoms with E-state index < -0.39 is 17.7 Å². The smallest absolute Gasteiger partial charge is 0.300 e. The van der Waals surface area contributed by atoms with Gasteiger partial charge >= 0.3 is 0 Å². The van der Waals surface area contributed by atoms with E-state index in [0.717, 1.165) is 12.0 Å². The number of carbonyl (C=O) groups is 2. The second-order valence-corrected chi connectivity index (χ2v) is 7.63. The molecule has 1 fully saturated rings. The topological polar surface area (TPSA) is 76.1 Å². The molecule has 0 aliphatic carbocycles. The van der Waals surface area contributed by atoms with Gasteiger partial charge in [-0.25, -0.2) is 0 Å². The van der Waals surface area contributed by atoms with E-state index >= 15 is 0 Å². The Balaban J connectivity index is 1.98. The van der Waals surface area contributed by atoms with E-state index in [4.69, 9.17) is 9.47 Å².